The second kappa shape index (κ2) is 19.6. The van der Waals surface area contributed by atoms with Gasteiger partial charge in [0.15, 0.2) is 30.7 Å². The molecule has 322 valence electrons. The van der Waals surface area contributed by atoms with Crippen molar-refractivity contribution in [2.45, 2.75) is 226 Å². The molecule has 55 heavy (non-hydrogen) atoms. The molecule has 0 amide bonds. The second-order valence-electron chi connectivity index (χ2n) is 21.5. The summed E-state index contributed by atoms with van der Waals surface area (Å²) in [5, 5.41) is 10.5. The summed E-state index contributed by atoms with van der Waals surface area (Å²) in [6.45, 7) is 43.6. The zero-order valence-electron chi connectivity index (χ0n) is 39.1. The molecule has 0 saturated carbocycles. The van der Waals surface area contributed by atoms with Gasteiger partial charge in [-0.2, -0.15) is 0 Å². The van der Waals surface area contributed by atoms with E-state index in [4.69, 9.17) is 32.2 Å². The van der Waals surface area contributed by atoms with E-state index in [1.165, 1.54) is 0 Å². The molecular weight excluding hydrogens is 741 g/mol. The van der Waals surface area contributed by atoms with Gasteiger partial charge in [0.05, 0.1) is 44.2 Å². The van der Waals surface area contributed by atoms with Crippen molar-refractivity contribution < 1.29 is 37.3 Å². The van der Waals surface area contributed by atoms with Gasteiger partial charge in [-0.05, 0) is 124 Å². The summed E-state index contributed by atoms with van der Waals surface area (Å²) in [5.41, 5.74) is 1.13. The van der Waals surface area contributed by atoms with E-state index in [1.807, 2.05) is 26.0 Å². The van der Waals surface area contributed by atoms with Crippen LogP contribution >= 0.6 is 0 Å². The lowest BCUT2D eigenvalue weighted by atomic mass is 9.89. The summed E-state index contributed by atoms with van der Waals surface area (Å²) in [6, 6.07) is 8.07. The molecule has 1 N–H and O–H groups in total. The van der Waals surface area contributed by atoms with E-state index in [9.17, 15) is 5.11 Å². The minimum atomic E-state index is -2.21. The Morgan fingerprint density at radius 2 is 1.20 bits per heavy atom. The summed E-state index contributed by atoms with van der Waals surface area (Å²) < 4.78 is 46.9. The standard InChI is InChI=1S/C44H86O8Si3/c1-32(29-38(52-55(19,20)43(9,10)11)37(27-28-45)51-54(17,18)42(6,7)8)40-39(48-44(12,13)49-40)30-36(50-53(15,16)41(3,4)5)24-21-33(2)47-31-34-22-25-35(46-14)26-23-34/h22-23,25-26,32-33,36-40,45H,21,24,27-31H2,1-20H3/t32-,33?,36-,37-,38-,39-,40+/m0/s1. The normalized spacial score (nSPS) is 21.6. The lowest BCUT2D eigenvalue weighted by molar-refractivity contribution is -0.152. The Bertz CT molecular complexity index is 1280. The predicted octanol–water partition coefficient (Wildman–Crippen LogP) is 11.9. The molecule has 0 bridgehead atoms. The smallest absolute Gasteiger partial charge is 0.192 e. The van der Waals surface area contributed by atoms with Gasteiger partial charge in [-0.25, -0.2) is 0 Å². The molecule has 1 aliphatic heterocycles. The van der Waals surface area contributed by atoms with Crippen molar-refractivity contribution in [1.29, 1.82) is 0 Å². The number of aliphatic hydroxyl groups is 1. The molecular formula is C44H86O8Si3. The zero-order chi connectivity index (χ0) is 42.4. The van der Waals surface area contributed by atoms with Gasteiger partial charge in [0.2, 0.25) is 0 Å². The van der Waals surface area contributed by atoms with Gasteiger partial charge in [0.1, 0.15) is 5.75 Å². The van der Waals surface area contributed by atoms with Gasteiger partial charge < -0.3 is 37.3 Å². The molecule has 0 radical (unpaired) electrons. The van der Waals surface area contributed by atoms with Crippen LogP contribution in [-0.4, -0.2) is 86.2 Å². The van der Waals surface area contributed by atoms with Crippen LogP contribution in [0.15, 0.2) is 24.3 Å². The first-order valence-corrected chi connectivity index (χ1v) is 29.8. The highest BCUT2D eigenvalue weighted by molar-refractivity contribution is 6.75. The van der Waals surface area contributed by atoms with Crippen molar-refractivity contribution in [2.24, 2.45) is 5.92 Å². The summed E-state index contributed by atoms with van der Waals surface area (Å²) >= 11 is 0. The fraction of sp³-hybridized carbons (Fsp3) is 0.864. The SMILES string of the molecule is COc1ccc(COC(C)CC[C@@H](C[C@@H]2OC(C)(C)O[C@@H]2[C@@H](C)C[C@H](O[Si](C)(C)C(C)(C)C)[C@H](CCO)O[Si](C)(C)C(C)(C)C)O[Si](C)(C)C(C)(C)C)cc1. The van der Waals surface area contributed by atoms with Crippen LogP contribution in [0.5, 0.6) is 5.75 Å². The highest BCUT2D eigenvalue weighted by Gasteiger charge is 2.49. The Balaban J connectivity index is 2.40. The second-order valence-corrected chi connectivity index (χ2v) is 35.7. The third-order valence-electron chi connectivity index (χ3n) is 13.1. The summed E-state index contributed by atoms with van der Waals surface area (Å²) in [5.74, 6) is 0.225. The fourth-order valence-electron chi connectivity index (χ4n) is 6.40. The van der Waals surface area contributed by atoms with E-state index in [-0.39, 0.29) is 64.3 Å². The maximum absolute atomic E-state index is 10.4. The van der Waals surface area contributed by atoms with Crippen LogP contribution < -0.4 is 4.74 Å². The number of hydrogen-bond donors (Lipinski definition) is 1. The van der Waals surface area contributed by atoms with Crippen molar-refractivity contribution in [3.63, 3.8) is 0 Å². The fourth-order valence-corrected chi connectivity index (χ4v) is 10.5. The molecule has 1 fully saturated rings. The lowest BCUT2D eigenvalue weighted by Gasteiger charge is -2.46. The third kappa shape index (κ3) is 15.2. The summed E-state index contributed by atoms with van der Waals surface area (Å²) in [4.78, 5) is 0. The highest BCUT2D eigenvalue weighted by atomic mass is 28.4. The maximum atomic E-state index is 10.4. The number of methoxy groups -OCH3 is 1. The Morgan fingerprint density at radius 3 is 1.67 bits per heavy atom. The molecule has 11 heteroatoms. The number of aliphatic hydroxyl groups excluding tert-OH is 1. The molecule has 0 aromatic heterocycles. The molecule has 1 saturated heterocycles. The van der Waals surface area contributed by atoms with Crippen LogP contribution in [-0.2, 0) is 34.1 Å². The van der Waals surface area contributed by atoms with E-state index in [2.05, 4.69) is 128 Å². The minimum Gasteiger partial charge on any atom is -0.497 e. The molecule has 7 atom stereocenters. The van der Waals surface area contributed by atoms with Crippen molar-refractivity contribution in [3.05, 3.63) is 29.8 Å². The molecule has 1 unspecified atom stereocenters. The maximum Gasteiger partial charge on any atom is 0.192 e. The summed E-state index contributed by atoms with van der Waals surface area (Å²) in [6.07, 6.45) is 3.12. The average Bonchev–Trinajstić information content (AvgIpc) is 3.33. The molecule has 1 aliphatic rings. The van der Waals surface area contributed by atoms with Crippen molar-refractivity contribution >= 4 is 25.0 Å². The van der Waals surface area contributed by atoms with Crippen LogP contribution in [0.4, 0.5) is 0 Å². The summed E-state index contributed by atoms with van der Waals surface area (Å²) in [7, 11) is -4.81. The number of rotatable bonds is 21. The molecule has 8 nitrogen and oxygen atoms in total. The van der Waals surface area contributed by atoms with Gasteiger partial charge in [-0.15, -0.1) is 0 Å². The molecule has 2 rings (SSSR count). The van der Waals surface area contributed by atoms with Crippen LogP contribution in [0.2, 0.25) is 54.4 Å². The Labute approximate surface area is 341 Å². The third-order valence-corrected chi connectivity index (χ3v) is 26.6. The number of benzene rings is 1. The quantitative estimate of drug-likeness (QED) is 0.123. The van der Waals surface area contributed by atoms with E-state index >= 15 is 0 Å². The Kier molecular flexibility index (Phi) is 18.0. The van der Waals surface area contributed by atoms with Gasteiger partial charge in [-0.1, -0.05) is 81.4 Å². The molecule has 1 aromatic carbocycles. The van der Waals surface area contributed by atoms with E-state index < -0.39 is 30.7 Å². The van der Waals surface area contributed by atoms with Crippen molar-refractivity contribution in [1.82, 2.24) is 0 Å². The Morgan fingerprint density at radius 1 is 0.709 bits per heavy atom. The van der Waals surface area contributed by atoms with Gasteiger partial charge >= 0.3 is 0 Å². The zero-order valence-corrected chi connectivity index (χ0v) is 42.1. The number of hydrogen-bond acceptors (Lipinski definition) is 8. The van der Waals surface area contributed by atoms with E-state index in [1.54, 1.807) is 7.11 Å². The minimum absolute atomic E-state index is 0.00605. The van der Waals surface area contributed by atoms with Gasteiger partial charge in [0, 0.05) is 19.1 Å². The average molecular weight is 827 g/mol. The van der Waals surface area contributed by atoms with Crippen molar-refractivity contribution in [2.75, 3.05) is 13.7 Å². The van der Waals surface area contributed by atoms with Gasteiger partial charge in [0.25, 0.3) is 0 Å². The molecule has 0 spiro atoms. The van der Waals surface area contributed by atoms with E-state index in [0.29, 0.717) is 13.0 Å². The molecule has 0 aliphatic carbocycles. The van der Waals surface area contributed by atoms with Gasteiger partial charge in [-0.3, -0.25) is 0 Å². The van der Waals surface area contributed by atoms with Crippen LogP contribution in [0, 0.1) is 5.92 Å². The molecule has 1 heterocycles. The highest BCUT2D eigenvalue weighted by Crippen LogP contribution is 2.44. The first-order chi connectivity index (χ1) is 24.8. The lowest BCUT2D eigenvalue weighted by Crippen LogP contribution is -2.53. The monoisotopic (exact) mass is 827 g/mol. The predicted molar refractivity (Wildman–Crippen MR) is 237 cm³/mol. The first-order valence-electron chi connectivity index (χ1n) is 21.1. The van der Waals surface area contributed by atoms with Crippen LogP contribution in [0.3, 0.4) is 0 Å². The largest absolute Gasteiger partial charge is 0.497 e. The Hall–Kier alpha value is -0.609. The first kappa shape index (κ1) is 50.5. The topological polar surface area (TPSA) is 84.8 Å². The van der Waals surface area contributed by atoms with E-state index in [0.717, 1.165) is 37.0 Å². The number of ether oxygens (including phenoxy) is 4. The van der Waals surface area contributed by atoms with Crippen LogP contribution in [0.1, 0.15) is 128 Å². The van der Waals surface area contributed by atoms with Crippen LogP contribution in [0.25, 0.3) is 0 Å². The van der Waals surface area contributed by atoms with Crippen molar-refractivity contribution in [3.8, 4) is 5.75 Å². The molecule has 1 aromatic rings.